The Bertz CT molecular complexity index is 1130. The van der Waals surface area contributed by atoms with E-state index < -0.39 is 31.1 Å². The van der Waals surface area contributed by atoms with Gasteiger partial charge in [0.15, 0.2) is 0 Å². The number of aromatic nitrogens is 4. The zero-order valence-corrected chi connectivity index (χ0v) is 28.5. The van der Waals surface area contributed by atoms with Gasteiger partial charge in [-0.15, -0.1) is 0 Å². The number of fused-ring (bicyclic) bond motifs is 1. The van der Waals surface area contributed by atoms with Crippen LogP contribution in [0.5, 0.6) is 0 Å². The molecule has 0 aliphatic rings. The molecule has 2 N–H and O–H groups in total. The van der Waals surface area contributed by atoms with Crippen molar-refractivity contribution >= 4 is 52.2 Å². The number of unbranched alkanes of at least 4 members (excludes halogenated alkanes) is 5. The Morgan fingerprint density at radius 1 is 1.12 bits per heavy atom. The molecular formula is C27H48AsN6O6P. The van der Waals surface area contributed by atoms with Crippen LogP contribution in [0.1, 0.15) is 79.6 Å². The number of aldehydes is 1. The first kappa shape index (κ1) is 35.5. The summed E-state index contributed by atoms with van der Waals surface area (Å²) in [6.45, 7) is 10.5. The third-order valence-electron chi connectivity index (χ3n) is 6.35. The first-order valence-corrected chi connectivity index (χ1v) is 17.5. The number of carbonyl (C=O) groups excluding carboxylic acids is 2. The van der Waals surface area contributed by atoms with Gasteiger partial charge in [0.05, 0.1) is 6.61 Å². The zero-order chi connectivity index (χ0) is 30.3. The van der Waals surface area contributed by atoms with Crippen LogP contribution in [-0.2, 0) is 34.9 Å². The fourth-order valence-electron chi connectivity index (χ4n) is 4.11. The van der Waals surface area contributed by atoms with E-state index in [1.807, 2.05) is 11.5 Å². The molecule has 0 fully saturated rings. The molecular weight excluding hydrogens is 610 g/mol. The van der Waals surface area contributed by atoms with Gasteiger partial charge >= 0.3 is 162 Å². The van der Waals surface area contributed by atoms with E-state index in [0.717, 1.165) is 54.9 Å². The van der Waals surface area contributed by atoms with Gasteiger partial charge in [-0.25, -0.2) is 0 Å². The molecule has 12 nitrogen and oxygen atoms in total. The molecule has 14 heteroatoms. The molecule has 2 aromatic rings. The summed E-state index contributed by atoms with van der Waals surface area (Å²) in [5, 5.41) is 5.84. The predicted molar refractivity (Wildman–Crippen MR) is 162 cm³/mol. The number of imidazole rings is 1. The van der Waals surface area contributed by atoms with E-state index in [0.29, 0.717) is 31.7 Å². The molecule has 0 aromatic carbocycles. The number of carbonyl (C=O) groups is 2. The number of rotatable bonds is 22. The molecule has 0 bridgehead atoms. The second-order valence-electron chi connectivity index (χ2n) is 10.8. The molecule has 0 aliphatic carbocycles. The Kier molecular flexibility index (Phi) is 15.7. The Morgan fingerprint density at radius 2 is 1.83 bits per heavy atom. The summed E-state index contributed by atoms with van der Waals surface area (Å²) in [6.07, 6.45) is 10.0. The Labute approximate surface area is 252 Å². The quantitative estimate of drug-likeness (QED) is 0.0633. The van der Waals surface area contributed by atoms with Crippen molar-refractivity contribution in [1.82, 2.24) is 29.7 Å². The van der Waals surface area contributed by atoms with Crippen molar-refractivity contribution in [2.75, 3.05) is 26.2 Å². The maximum absolute atomic E-state index is 14.2. The molecule has 0 saturated heterocycles. The van der Waals surface area contributed by atoms with E-state index >= 15 is 0 Å². The molecule has 4 atom stereocenters. The van der Waals surface area contributed by atoms with Crippen LogP contribution >= 0.6 is 7.44 Å². The SMILES string of the molecule is CCCCCCOC(=O)C(C)(C)NP(=O)(CO[C@H](C)Cn1cnc2c([AsH2])ncnc21)N[C@@H](C=O)COCCCCC. The van der Waals surface area contributed by atoms with E-state index in [4.69, 9.17) is 14.2 Å². The maximum atomic E-state index is 14.2. The first-order valence-electron chi connectivity index (χ1n) is 14.4. The van der Waals surface area contributed by atoms with E-state index in [9.17, 15) is 14.2 Å². The number of ether oxygens (including phenoxy) is 3. The van der Waals surface area contributed by atoms with Gasteiger partial charge in [-0.2, -0.15) is 0 Å². The zero-order valence-electron chi connectivity index (χ0n) is 25.1. The average Bonchev–Trinajstić information content (AvgIpc) is 3.34. The van der Waals surface area contributed by atoms with Crippen molar-refractivity contribution in [1.29, 1.82) is 0 Å². The summed E-state index contributed by atoms with van der Waals surface area (Å²) in [7, 11) is -3.66. The van der Waals surface area contributed by atoms with Crippen LogP contribution in [0.4, 0.5) is 0 Å². The van der Waals surface area contributed by atoms with Crippen LogP contribution in [0.3, 0.4) is 0 Å². The summed E-state index contributed by atoms with van der Waals surface area (Å²) < 4.78 is 34.1. The molecule has 2 aromatic heterocycles. The molecule has 0 spiro atoms. The molecule has 2 unspecified atom stereocenters. The minimum Gasteiger partial charge on any atom is -0.379 e. The average molecular weight is 659 g/mol. The number of hydrogen-bond donors (Lipinski definition) is 2. The fraction of sp³-hybridized carbons (Fsp3) is 0.741. The Balaban J connectivity index is 2.10. The van der Waals surface area contributed by atoms with Gasteiger partial charge in [-0.3, -0.25) is 4.79 Å². The number of nitrogens with zero attached hydrogens (tertiary/aromatic N) is 4. The number of esters is 1. The van der Waals surface area contributed by atoms with Gasteiger partial charge < -0.3 is 14.3 Å². The summed E-state index contributed by atoms with van der Waals surface area (Å²) in [4.78, 5) is 37.7. The van der Waals surface area contributed by atoms with Gasteiger partial charge in [0.2, 0.25) is 0 Å². The van der Waals surface area contributed by atoms with Gasteiger partial charge in [0, 0.05) is 6.61 Å². The van der Waals surface area contributed by atoms with Crippen molar-refractivity contribution in [2.24, 2.45) is 0 Å². The van der Waals surface area contributed by atoms with Crippen LogP contribution in [0.2, 0.25) is 0 Å². The fourth-order valence-corrected chi connectivity index (χ4v) is 7.01. The summed E-state index contributed by atoms with van der Waals surface area (Å²) >= 11 is 1.36. The van der Waals surface area contributed by atoms with Crippen molar-refractivity contribution in [3.8, 4) is 0 Å². The van der Waals surface area contributed by atoms with Crippen LogP contribution < -0.4 is 14.7 Å². The Morgan fingerprint density at radius 3 is 2.54 bits per heavy atom. The molecule has 2 heterocycles. The summed E-state index contributed by atoms with van der Waals surface area (Å²) in [5.41, 5.74) is 0.126. The van der Waals surface area contributed by atoms with E-state index in [1.165, 1.54) is 23.2 Å². The first-order chi connectivity index (χ1) is 19.5. The van der Waals surface area contributed by atoms with Crippen LogP contribution in [-0.4, -0.2) is 92.5 Å². The van der Waals surface area contributed by atoms with Crippen LogP contribution in [0, 0.1) is 0 Å². The van der Waals surface area contributed by atoms with Crippen molar-refractivity contribution in [2.45, 2.75) is 104 Å². The molecule has 0 radical (unpaired) electrons. The van der Waals surface area contributed by atoms with Crippen molar-refractivity contribution < 1.29 is 28.4 Å². The summed E-state index contributed by atoms with van der Waals surface area (Å²) in [6, 6.07) is -0.853. The number of hydrogen-bond acceptors (Lipinski definition) is 9. The minimum atomic E-state index is -3.66. The predicted octanol–water partition coefficient (Wildman–Crippen LogP) is 2.50. The minimum absolute atomic E-state index is 0.0539. The topological polar surface area (TPSA) is 147 Å². The second kappa shape index (κ2) is 18.1. The monoisotopic (exact) mass is 658 g/mol. The van der Waals surface area contributed by atoms with Crippen LogP contribution in [0.15, 0.2) is 12.7 Å². The summed E-state index contributed by atoms with van der Waals surface area (Å²) in [5.74, 6) is -0.524. The van der Waals surface area contributed by atoms with Gasteiger partial charge in [-0.05, 0) is 12.8 Å². The van der Waals surface area contributed by atoms with Gasteiger partial charge in [0.25, 0.3) is 0 Å². The molecule has 2 rings (SSSR count). The van der Waals surface area contributed by atoms with Gasteiger partial charge in [0.1, 0.15) is 0 Å². The third kappa shape index (κ3) is 12.2. The third-order valence-corrected chi connectivity index (χ3v) is 9.42. The molecule has 0 aliphatic heterocycles. The van der Waals surface area contributed by atoms with Gasteiger partial charge in [-0.1, -0.05) is 46.0 Å². The second-order valence-corrected chi connectivity index (χ2v) is 14.1. The van der Waals surface area contributed by atoms with Crippen molar-refractivity contribution in [3.63, 3.8) is 0 Å². The molecule has 0 amide bonds. The number of nitrogens with one attached hydrogen (secondary N) is 2. The molecule has 0 saturated carbocycles. The van der Waals surface area contributed by atoms with E-state index in [1.54, 1.807) is 20.2 Å². The Hall–Kier alpha value is -1.68. The van der Waals surface area contributed by atoms with E-state index in [-0.39, 0.29) is 13.0 Å². The normalized spacial score (nSPS) is 15.0. The molecule has 41 heavy (non-hydrogen) atoms. The smallest absolute Gasteiger partial charge is 0.379 e. The van der Waals surface area contributed by atoms with E-state index in [2.05, 4.69) is 39.0 Å². The standard InChI is InChI=1S/C27H48AsN6O6P/c1-6-8-10-12-14-39-26(36)27(4,5)33-41(37,32-22(16-35)17-38-13-11-9-7-2)20-40-21(3)15-34-19-31-23-24(28)29-18-30-25(23)34/h16,18-19,21-22H,6-15,17,20,28H2,1-5H3,(H2,32,33,37)/t21-,22+,41?/m1/s1. The van der Waals surface area contributed by atoms with Crippen LogP contribution in [0.25, 0.3) is 11.2 Å². The van der Waals surface area contributed by atoms with Crippen molar-refractivity contribution in [3.05, 3.63) is 12.7 Å². The molecule has 232 valence electrons.